The predicted octanol–water partition coefficient (Wildman–Crippen LogP) is 5.14. The average Bonchev–Trinajstić information content (AvgIpc) is 2.73. The molecule has 1 heterocycles. The Kier molecular flexibility index (Phi) is 3.78. The number of benzene rings is 2. The average molecular weight is 384 g/mol. The van der Waals surface area contributed by atoms with E-state index in [0.717, 1.165) is 21.3 Å². The van der Waals surface area contributed by atoms with Crippen molar-refractivity contribution >= 4 is 62.1 Å². The molecule has 0 unspecified atom stereocenters. The monoisotopic (exact) mass is 382 g/mol. The number of carbonyl (C=O) groups excluding carboxylic acids is 1. The molecule has 3 rings (SSSR count). The molecule has 0 radical (unpaired) electrons. The second-order valence-electron chi connectivity index (χ2n) is 4.63. The topological polar surface area (TPSA) is 41.5 Å². The van der Waals surface area contributed by atoms with Crippen LogP contribution in [0, 0.1) is 6.92 Å². The third-order valence-electron chi connectivity index (χ3n) is 3.17. The van der Waals surface area contributed by atoms with E-state index in [1.807, 2.05) is 19.1 Å². The van der Waals surface area contributed by atoms with Gasteiger partial charge in [0.15, 0.2) is 0 Å². The summed E-state index contributed by atoms with van der Waals surface area (Å²) < 4.78 is 0.889. The first-order valence-electron chi connectivity index (χ1n) is 6.12. The van der Waals surface area contributed by atoms with Gasteiger partial charge in [0.1, 0.15) is 5.71 Å². The zero-order valence-electron chi connectivity index (χ0n) is 10.9. The molecule has 0 aliphatic carbocycles. The summed E-state index contributed by atoms with van der Waals surface area (Å²) in [7, 11) is 0. The first-order chi connectivity index (χ1) is 9.97. The molecule has 1 amide bonds. The third kappa shape index (κ3) is 2.59. The summed E-state index contributed by atoms with van der Waals surface area (Å²) in [4.78, 5) is 16.6. The van der Waals surface area contributed by atoms with E-state index in [0.29, 0.717) is 21.4 Å². The first-order valence-corrected chi connectivity index (χ1v) is 7.67. The number of rotatable bonds is 1. The third-order valence-corrected chi connectivity index (χ3v) is 4.44. The van der Waals surface area contributed by atoms with E-state index in [-0.39, 0.29) is 5.91 Å². The second-order valence-corrected chi connectivity index (χ2v) is 6.33. The molecular formula is C15H9BrCl2N2O. The van der Waals surface area contributed by atoms with Crippen LogP contribution in [0.4, 0.5) is 11.4 Å². The minimum Gasteiger partial charge on any atom is -0.320 e. The maximum atomic E-state index is 12.2. The van der Waals surface area contributed by atoms with Crippen molar-refractivity contribution in [3.05, 3.63) is 56.0 Å². The largest absolute Gasteiger partial charge is 0.320 e. The highest BCUT2D eigenvalue weighted by atomic mass is 79.9. The Labute approximate surface area is 140 Å². The quantitative estimate of drug-likeness (QED) is 0.727. The lowest BCUT2D eigenvalue weighted by Gasteiger charge is -2.04. The Hall–Kier alpha value is -1.36. The normalized spacial score (nSPS) is 15.2. The molecule has 21 heavy (non-hydrogen) atoms. The number of amides is 1. The van der Waals surface area contributed by atoms with Crippen LogP contribution in [0.1, 0.15) is 11.1 Å². The van der Waals surface area contributed by atoms with E-state index in [1.54, 1.807) is 18.2 Å². The van der Waals surface area contributed by atoms with Crippen molar-refractivity contribution in [3.8, 4) is 0 Å². The van der Waals surface area contributed by atoms with Gasteiger partial charge in [-0.05, 0) is 36.8 Å². The number of hydrogen-bond acceptors (Lipinski definition) is 2. The van der Waals surface area contributed by atoms with Gasteiger partial charge >= 0.3 is 0 Å². The molecule has 0 spiro atoms. The SMILES string of the molecule is Cc1cc(Br)cc2c1NC(=O)C2=Nc1cccc(Cl)c1Cl. The number of carbonyl (C=O) groups is 1. The molecule has 2 aromatic rings. The highest BCUT2D eigenvalue weighted by Crippen LogP contribution is 2.35. The van der Waals surface area contributed by atoms with Crippen LogP contribution < -0.4 is 5.32 Å². The smallest absolute Gasteiger partial charge is 0.275 e. The number of hydrogen-bond donors (Lipinski definition) is 1. The van der Waals surface area contributed by atoms with Gasteiger partial charge in [-0.25, -0.2) is 4.99 Å². The number of nitrogens with one attached hydrogen (secondary N) is 1. The van der Waals surface area contributed by atoms with Gasteiger partial charge in [-0.3, -0.25) is 4.79 Å². The lowest BCUT2D eigenvalue weighted by molar-refractivity contribution is -0.110. The molecule has 1 aliphatic rings. The highest BCUT2D eigenvalue weighted by molar-refractivity contribution is 9.10. The molecule has 0 saturated heterocycles. The summed E-state index contributed by atoms with van der Waals surface area (Å²) in [6, 6.07) is 8.94. The number of aryl methyl sites for hydroxylation is 1. The van der Waals surface area contributed by atoms with Crippen LogP contribution >= 0.6 is 39.1 Å². The number of nitrogens with zero attached hydrogens (tertiary/aromatic N) is 1. The Morgan fingerprint density at radius 3 is 2.76 bits per heavy atom. The van der Waals surface area contributed by atoms with Gasteiger partial charge in [0.05, 0.1) is 21.4 Å². The van der Waals surface area contributed by atoms with Crippen molar-refractivity contribution in [1.29, 1.82) is 0 Å². The van der Waals surface area contributed by atoms with Crippen molar-refractivity contribution < 1.29 is 4.79 Å². The minimum absolute atomic E-state index is 0.248. The highest BCUT2D eigenvalue weighted by Gasteiger charge is 2.28. The van der Waals surface area contributed by atoms with Gasteiger partial charge < -0.3 is 5.32 Å². The molecule has 1 N–H and O–H groups in total. The van der Waals surface area contributed by atoms with Crippen molar-refractivity contribution in [2.24, 2.45) is 4.99 Å². The number of halogens is 3. The van der Waals surface area contributed by atoms with Crippen LogP contribution in [0.3, 0.4) is 0 Å². The molecule has 106 valence electrons. The summed E-state index contributed by atoms with van der Waals surface area (Å²) in [5.74, 6) is -0.248. The first kappa shape index (κ1) is 14.6. The summed E-state index contributed by atoms with van der Waals surface area (Å²) in [6.45, 7) is 1.93. The van der Waals surface area contributed by atoms with Crippen molar-refractivity contribution in [3.63, 3.8) is 0 Å². The van der Waals surface area contributed by atoms with E-state index < -0.39 is 0 Å². The Balaban J connectivity index is 2.19. The lowest BCUT2D eigenvalue weighted by atomic mass is 10.1. The van der Waals surface area contributed by atoms with Crippen LogP contribution in [0.25, 0.3) is 0 Å². The predicted molar refractivity (Wildman–Crippen MR) is 90.2 cm³/mol. The fraction of sp³-hybridized carbons (Fsp3) is 0.0667. The summed E-state index contributed by atoms with van der Waals surface area (Å²) in [6.07, 6.45) is 0. The standard InChI is InChI=1S/C15H9BrCl2N2O/c1-7-5-8(16)6-9-13(7)20-15(21)14(9)19-11-4-2-3-10(17)12(11)18/h2-6H,1H3,(H,19,20,21). The zero-order valence-corrected chi connectivity index (χ0v) is 14.0. The molecule has 0 bridgehead atoms. The Bertz CT molecular complexity index is 803. The van der Waals surface area contributed by atoms with Crippen LogP contribution in [0.5, 0.6) is 0 Å². The molecule has 0 aromatic heterocycles. The van der Waals surface area contributed by atoms with Crippen molar-refractivity contribution in [2.75, 3.05) is 5.32 Å². The minimum atomic E-state index is -0.248. The fourth-order valence-corrected chi connectivity index (χ4v) is 3.11. The van der Waals surface area contributed by atoms with E-state index in [9.17, 15) is 4.79 Å². The maximum absolute atomic E-state index is 12.2. The molecule has 0 fully saturated rings. The van der Waals surface area contributed by atoms with Gasteiger partial charge in [0, 0.05) is 10.0 Å². The number of aliphatic imine (C=N–C) groups is 1. The van der Waals surface area contributed by atoms with Gasteiger partial charge in [-0.15, -0.1) is 0 Å². The number of fused-ring (bicyclic) bond motifs is 1. The van der Waals surface area contributed by atoms with Crippen LogP contribution in [0.15, 0.2) is 39.8 Å². The van der Waals surface area contributed by atoms with Crippen LogP contribution in [0.2, 0.25) is 10.0 Å². The van der Waals surface area contributed by atoms with Gasteiger partial charge in [-0.2, -0.15) is 0 Å². The molecular weight excluding hydrogens is 375 g/mol. The van der Waals surface area contributed by atoms with E-state index >= 15 is 0 Å². The Morgan fingerprint density at radius 2 is 2.00 bits per heavy atom. The Morgan fingerprint density at radius 1 is 1.24 bits per heavy atom. The molecule has 2 aromatic carbocycles. The number of anilines is 1. The maximum Gasteiger partial charge on any atom is 0.275 e. The lowest BCUT2D eigenvalue weighted by Crippen LogP contribution is -2.14. The molecule has 3 nitrogen and oxygen atoms in total. The van der Waals surface area contributed by atoms with E-state index in [4.69, 9.17) is 23.2 Å². The van der Waals surface area contributed by atoms with Crippen molar-refractivity contribution in [1.82, 2.24) is 0 Å². The van der Waals surface area contributed by atoms with Crippen LogP contribution in [-0.4, -0.2) is 11.6 Å². The van der Waals surface area contributed by atoms with Crippen molar-refractivity contribution in [2.45, 2.75) is 6.92 Å². The molecule has 1 aliphatic heterocycles. The molecule has 0 saturated carbocycles. The van der Waals surface area contributed by atoms with E-state index in [2.05, 4.69) is 26.2 Å². The summed E-state index contributed by atoms with van der Waals surface area (Å²) in [5.41, 5.74) is 3.30. The summed E-state index contributed by atoms with van der Waals surface area (Å²) in [5, 5.41) is 3.57. The van der Waals surface area contributed by atoms with Gasteiger partial charge in [-0.1, -0.05) is 45.2 Å². The molecule has 6 heteroatoms. The summed E-state index contributed by atoms with van der Waals surface area (Å²) >= 11 is 15.5. The van der Waals surface area contributed by atoms with Crippen LogP contribution in [-0.2, 0) is 4.79 Å². The second kappa shape index (κ2) is 5.44. The fourth-order valence-electron chi connectivity index (χ4n) is 2.20. The van der Waals surface area contributed by atoms with E-state index in [1.165, 1.54) is 0 Å². The zero-order chi connectivity index (χ0) is 15.1. The molecule has 0 atom stereocenters. The van der Waals surface area contributed by atoms with Gasteiger partial charge in [0.25, 0.3) is 5.91 Å². The van der Waals surface area contributed by atoms with Gasteiger partial charge in [0.2, 0.25) is 0 Å².